The Labute approximate surface area is 109 Å². The number of hydrogen-bond donors (Lipinski definition) is 2. The lowest BCUT2D eigenvalue weighted by molar-refractivity contribution is 0.365. The fraction of sp³-hybridized carbons (Fsp3) is 0.538. The molecule has 2 rings (SSSR count). The van der Waals surface area contributed by atoms with Gasteiger partial charge in [-0.15, -0.1) is 0 Å². The highest BCUT2D eigenvalue weighted by Crippen LogP contribution is 2.24. The summed E-state index contributed by atoms with van der Waals surface area (Å²) in [5.41, 5.74) is 1.07. The number of benzene rings is 1. The quantitative estimate of drug-likeness (QED) is 0.875. The van der Waals surface area contributed by atoms with Crippen molar-refractivity contribution < 1.29 is 8.42 Å². The third kappa shape index (κ3) is 3.23. The first-order valence-electron chi connectivity index (χ1n) is 6.18. The van der Waals surface area contributed by atoms with Crippen molar-refractivity contribution >= 4 is 15.5 Å². The predicted molar refractivity (Wildman–Crippen MR) is 73.7 cm³/mol. The summed E-state index contributed by atoms with van der Waals surface area (Å²) in [6.45, 7) is 4.24. The van der Waals surface area contributed by atoms with Crippen LogP contribution in [0.15, 0.2) is 29.2 Å². The second-order valence-electron chi connectivity index (χ2n) is 5.23. The molecule has 0 saturated carbocycles. The van der Waals surface area contributed by atoms with Crippen molar-refractivity contribution in [2.24, 2.45) is 0 Å². The lowest BCUT2D eigenvalue weighted by Gasteiger charge is -2.36. The molecule has 0 amide bonds. The van der Waals surface area contributed by atoms with Gasteiger partial charge in [0.05, 0.1) is 4.90 Å². The summed E-state index contributed by atoms with van der Waals surface area (Å²) in [7, 11) is -3.11. The molecule has 1 aliphatic rings. The molecule has 5 heteroatoms. The molecule has 4 nitrogen and oxygen atoms in total. The minimum atomic E-state index is -3.11. The Morgan fingerprint density at radius 1 is 1.17 bits per heavy atom. The van der Waals surface area contributed by atoms with Crippen LogP contribution < -0.4 is 10.6 Å². The zero-order valence-electron chi connectivity index (χ0n) is 10.9. The minimum absolute atomic E-state index is 0.0951. The number of sulfone groups is 1. The van der Waals surface area contributed by atoms with Crippen LogP contribution >= 0.6 is 0 Å². The van der Waals surface area contributed by atoms with Gasteiger partial charge in [-0.2, -0.15) is 0 Å². The Balaban J connectivity index is 2.11. The first-order chi connectivity index (χ1) is 8.39. The van der Waals surface area contributed by atoms with E-state index in [1.165, 1.54) is 6.26 Å². The van der Waals surface area contributed by atoms with Gasteiger partial charge in [0.15, 0.2) is 9.84 Å². The molecule has 2 N–H and O–H groups in total. The molecule has 1 aromatic carbocycles. The molecule has 1 heterocycles. The lowest BCUT2D eigenvalue weighted by Crippen LogP contribution is -2.45. The average Bonchev–Trinajstić information content (AvgIpc) is 2.29. The van der Waals surface area contributed by atoms with E-state index in [9.17, 15) is 8.42 Å². The molecule has 18 heavy (non-hydrogen) atoms. The van der Waals surface area contributed by atoms with E-state index in [1.54, 1.807) is 12.1 Å². The maximum atomic E-state index is 11.4. The molecule has 0 spiro atoms. The van der Waals surface area contributed by atoms with Crippen LogP contribution in [0.3, 0.4) is 0 Å². The highest BCUT2D eigenvalue weighted by Gasteiger charge is 2.26. The van der Waals surface area contributed by atoms with Crippen LogP contribution in [0, 0.1) is 0 Å². The lowest BCUT2D eigenvalue weighted by atomic mass is 9.90. The largest absolute Gasteiger partial charge is 0.380 e. The third-order valence-corrected chi connectivity index (χ3v) is 4.56. The topological polar surface area (TPSA) is 58.2 Å². The molecule has 0 aromatic heterocycles. The first-order valence-corrected chi connectivity index (χ1v) is 8.07. The Hall–Kier alpha value is -1.07. The summed E-state index contributed by atoms with van der Waals surface area (Å²) in [5, 5.41) is 6.84. The Kier molecular flexibility index (Phi) is 3.64. The summed E-state index contributed by atoms with van der Waals surface area (Å²) < 4.78 is 22.7. The van der Waals surface area contributed by atoms with Crippen molar-refractivity contribution in [3.63, 3.8) is 0 Å². The maximum absolute atomic E-state index is 11.4. The van der Waals surface area contributed by atoms with Gasteiger partial charge in [-0.3, -0.25) is 0 Å². The molecule has 1 aromatic rings. The SMILES string of the molecule is CC1(Nc2ccc(S(C)(=O)=O)cc2)CCNCC1. The molecular formula is C13H20N2O2S. The molecule has 1 aliphatic heterocycles. The molecular weight excluding hydrogens is 248 g/mol. The van der Waals surface area contributed by atoms with Crippen LogP contribution in [0.1, 0.15) is 19.8 Å². The van der Waals surface area contributed by atoms with Gasteiger partial charge >= 0.3 is 0 Å². The Morgan fingerprint density at radius 2 is 1.72 bits per heavy atom. The number of rotatable bonds is 3. The van der Waals surface area contributed by atoms with Crippen LogP contribution in [0.25, 0.3) is 0 Å². The van der Waals surface area contributed by atoms with Crippen LogP contribution in [-0.2, 0) is 9.84 Å². The molecule has 0 atom stereocenters. The van der Waals surface area contributed by atoms with E-state index >= 15 is 0 Å². The zero-order chi connectivity index (χ0) is 13.2. The second-order valence-corrected chi connectivity index (χ2v) is 7.25. The normalized spacial score (nSPS) is 19.4. The molecule has 0 radical (unpaired) electrons. The van der Waals surface area contributed by atoms with Crippen molar-refractivity contribution in [1.29, 1.82) is 0 Å². The molecule has 0 unspecified atom stereocenters. The molecule has 100 valence electrons. The van der Waals surface area contributed by atoms with Gasteiger partial charge in [0.1, 0.15) is 0 Å². The number of anilines is 1. The van der Waals surface area contributed by atoms with Gasteiger partial charge in [0.25, 0.3) is 0 Å². The highest BCUT2D eigenvalue weighted by atomic mass is 32.2. The van der Waals surface area contributed by atoms with E-state index in [4.69, 9.17) is 0 Å². The fourth-order valence-corrected chi connectivity index (χ4v) is 2.87. The van der Waals surface area contributed by atoms with Gasteiger partial charge in [-0.25, -0.2) is 8.42 Å². The Morgan fingerprint density at radius 3 is 2.22 bits per heavy atom. The monoisotopic (exact) mass is 268 g/mol. The van der Waals surface area contributed by atoms with Gasteiger partial charge in [-0.1, -0.05) is 0 Å². The van der Waals surface area contributed by atoms with Crippen molar-refractivity contribution in [2.45, 2.75) is 30.2 Å². The summed E-state index contributed by atoms with van der Waals surface area (Å²) in [4.78, 5) is 0.364. The van der Waals surface area contributed by atoms with Crippen LogP contribution in [0.2, 0.25) is 0 Å². The van der Waals surface area contributed by atoms with Crippen LogP contribution in [0.5, 0.6) is 0 Å². The van der Waals surface area contributed by atoms with Crippen LogP contribution in [-0.4, -0.2) is 33.3 Å². The number of piperidine rings is 1. The maximum Gasteiger partial charge on any atom is 0.175 e. The molecule has 1 saturated heterocycles. The average molecular weight is 268 g/mol. The molecule has 0 bridgehead atoms. The van der Waals surface area contributed by atoms with Gasteiger partial charge in [0, 0.05) is 17.5 Å². The van der Waals surface area contributed by atoms with E-state index in [0.717, 1.165) is 31.6 Å². The summed E-state index contributed by atoms with van der Waals surface area (Å²) in [6, 6.07) is 6.98. The molecule has 0 aliphatic carbocycles. The standard InChI is InChI=1S/C13H20N2O2S/c1-13(7-9-14-10-8-13)15-11-3-5-12(6-4-11)18(2,16)17/h3-6,14-15H,7-10H2,1-2H3. The van der Waals surface area contributed by atoms with Gasteiger partial charge in [0.2, 0.25) is 0 Å². The second kappa shape index (κ2) is 4.90. The third-order valence-electron chi connectivity index (χ3n) is 3.44. The van der Waals surface area contributed by atoms with Crippen LogP contribution in [0.4, 0.5) is 5.69 Å². The minimum Gasteiger partial charge on any atom is -0.380 e. The molecule has 1 fully saturated rings. The summed E-state index contributed by atoms with van der Waals surface area (Å²) >= 11 is 0. The van der Waals surface area contributed by atoms with Crippen molar-refractivity contribution in [2.75, 3.05) is 24.7 Å². The predicted octanol–water partition coefficient (Wildman–Crippen LogP) is 1.64. The Bertz CT molecular complexity index is 502. The fourth-order valence-electron chi connectivity index (χ4n) is 2.24. The number of hydrogen-bond acceptors (Lipinski definition) is 4. The van der Waals surface area contributed by atoms with Crippen molar-refractivity contribution in [1.82, 2.24) is 5.32 Å². The van der Waals surface area contributed by atoms with E-state index in [2.05, 4.69) is 17.6 Å². The van der Waals surface area contributed by atoms with E-state index < -0.39 is 9.84 Å². The highest BCUT2D eigenvalue weighted by molar-refractivity contribution is 7.90. The van der Waals surface area contributed by atoms with Crippen molar-refractivity contribution in [3.8, 4) is 0 Å². The first kappa shape index (κ1) is 13.4. The number of nitrogens with one attached hydrogen (secondary N) is 2. The summed E-state index contributed by atoms with van der Waals surface area (Å²) in [5.74, 6) is 0. The van der Waals surface area contributed by atoms with E-state index in [-0.39, 0.29) is 5.54 Å². The van der Waals surface area contributed by atoms with Crippen molar-refractivity contribution in [3.05, 3.63) is 24.3 Å². The van der Waals surface area contributed by atoms with Gasteiger partial charge < -0.3 is 10.6 Å². The summed E-state index contributed by atoms with van der Waals surface area (Å²) in [6.07, 6.45) is 3.37. The van der Waals surface area contributed by atoms with E-state index in [0.29, 0.717) is 4.90 Å². The smallest absolute Gasteiger partial charge is 0.175 e. The zero-order valence-corrected chi connectivity index (χ0v) is 11.7. The van der Waals surface area contributed by atoms with E-state index in [1.807, 2.05) is 12.1 Å². The van der Waals surface area contributed by atoms with Gasteiger partial charge in [-0.05, 0) is 57.1 Å².